The van der Waals surface area contributed by atoms with E-state index >= 15 is 0 Å². The zero-order valence-corrected chi connectivity index (χ0v) is 17.6. The van der Waals surface area contributed by atoms with Gasteiger partial charge in [-0.2, -0.15) is 0 Å². The van der Waals surface area contributed by atoms with Crippen molar-refractivity contribution in [1.82, 2.24) is 10.2 Å². The molecule has 1 aliphatic rings. The monoisotopic (exact) mass is 430 g/mol. The molecule has 2 amide bonds. The molecule has 1 fully saturated rings. The van der Waals surface area contributed by atoms with Crippen LogP contribution in [-0.4, -0.2) is 48.5 Å². The van der Waals surface area contributed by atoms with E-state index in [2.05, 4.69) is 10.1 Å². The Bertz CT molecular complexity index is 732. The summed E-state index contributed by atoms with van der Waals surface area (Å²) in [6, 6.07) is 5.84. The van der Waals surface area contributed by atoms with Crippen LogP contribution < -0.4 is 10.1 Å². The van der Waals surface area contributed by atoms with Gasteiger partial charge in [0.1, 0.15) is 11.4 Å². The smallest absolute Gasteiger partial charge is 0.444 e. The van der Waals surface area contributed by atoms with Crippen molar-refractivity contribution >= 4 is 12.0 Å². The molecule has 0 saturated carbocycles. The van der Waals surface area contributed by atoms with Crippen molar-refractivity contribution in [2.45, 2.75) is 58.4 Å². The van der Waals surface area contributed by atoms with Crippen molar-refractivity contribution in [2.75, 3.05) is 19.6 Å². The summed E-state index contributed by atoms with van der Waals surface area (Å²) < 4.78 is 46.9. The molecule has 0 spiro atoms. The number of halogens is 3. The number of alkyl halides is 3. The number of likely N-dealkylation sites (tertiary alicyclic amines) is 1. The lowest BCUT2D eigenvalue weighted by molar-refractivity contribution is -0.274. The summed E-state index contributed by atoms with van der Waals surface area (Å²) in [7, 11) is 0. The normalized spacial score (nSPS) is 17.4. The van der Waals surface area contributed by atoms with E-state index in [0.717, 1.165) is 12.8 Å². The molecule has 1 saturated heterocycles. The Labute approximate surface area is 174 Å². The number of benzene rings is 1. The van der Waals surface area contributed by atoms with Crippen molar-refractivity contribution in [1.29, 1.82) is 0 Å². The number of ether oxygens (including phenoxy) is 2. The topological polar surface area (TPSA) is 67.9 Å². The summed E-state index contributed by atoms with van der Waals surface area (Å²) in [6.07, 6.45) is -3.34. The molecule has 1 atom stereocenters. The van der Waals surface area contributed by atoms with Crippen LogP contribution in [0.3, 0.4) is 0 Å². The molecule has 168 valence electrons. The number of nitrogens with one attached hydrogen (secondary N) is 1. The number of para-hydroxylation sites is 1. The van der Waals surface area contributed by atoms with Crippen LogP contribution >= 0.6 is 0 Å². The second-order valence-electron chi connectivity index (χ2n) is 8.39. The summed E-state index contributed by atoms with van der Waals surface area (Å²) in [6.45, 7) is 6.85. The van der Waals surface area contributed by atoms with Crippen molar-refractivity contribution < 1.29 is 32.2 Å². The van der Waals surface area contributed by atoms with E-state index in [-0.39, 0.29) is 30.4 Å². The first-order chi connectivity index (χ1) is 13.9. The predicted octanol–water partition coefficient (Wildman–Crippen LogP) is 4.28. The van der Waals surface area contributed by atoms with Crippen LogP contribution in [0.4, 0.5) is 18.0 Å². The maximum absolute atomic E-state index is 12.6. The number of amides is 2. The highest BCUT2D eigenvalue weighted by Crippen LogP contribution is 2.27. The van der Waals surface area contributed by atoms with Gasteiger partial charge in [0.2, 0.25) is 5.91 Å². The standard InChI is InChI=1S/C21H29F3N2O4/c1-20(2,3)30-19(28)25-13-15-7-6-12-26(14-15)18(27)11-10-16-8-4-5-9-17(16)29-21(22,23)24/h4-5,8-9,15H,6-7,10-14H2,1-3H3,(H,25,28). The number of hydrogen-bond donors (Lipinski definition) is 1. The highest BCUT2D eigenvalue weighted by molar-refractivity contribution is 5.76. The molecule has 6 nitrogen and oxygen atoms in total. The maximum Gasteiger partial charge on any atom is 0.573 e. The van der Waals surface area contributed by atoms with E-state index in [0.29, 0.717) is 25.2 Å². The third kappa shape index (κ3) is 8.51. The molecule has 1 aliphatic heterocycles. The average Bonchev–Trinajstić information content (AvgIpc) is 2.63. The number of piperidine rings is 1. The van der Waals surface area contributed by atoms with Crippen LogP contribution in [0, 0.1) is 5.92 Å². The van der Waals surface area contributed by atoms with Crippen LogP contribution in [0.25, 0.3) is 0 Å². The van der Waals surface area contributed by atoms with Crippen molar-refractivity contribution in [3.8, 4) is 5.75 Å². The van der Waals surface area contributed by atoms with E-state index in [1.54, 1.807) is 31.7 Å². The average molecular weight is 430 g/mol. The Balaban J connectivity index is 1.84. The van der Waals surface area contributed by atoms with Gasteiger partial charge in [-0.05, 0) is 57.6 Å². The molecule has 2 rings (SSSR count). The first-order valence-corrected chi connectivity index (χ1v) is 10.0. The summed E-state index contributed by atoms with van der Waals surface area (Å²) in [5.41, 5.74) is -0.242. The fraction of sp³-hybridized carbons (Fsp3) is 0.619. The molecule has 1 N–H and O–H groups in total. The number of carbonyl (C=O) groups is 2. The van der Waals surface area contributed by atoms with Gasteiger partial charge in [-0.3, -0.25) is 4.79 Å². The predicted molar refractivity (Wildman–Crippen MR) is 105 cm³/mol. The molecule has 0 bridgehead atoms. The van der Waals surface area contributed by atoms with Crippen molar-refractivity contribution in [3.05, 3.63) is 29.8 Å². The minimum atomic E-state index is -4.78. The van der Waals surface area contributed by atoms with Gasteiger partial charge in [0.25, 0.3) is 0 Å². The van der Waals surface area contributed by atoms with E-state index in [1.807, 2.05) is 0 Å². The van der Waals surface area contributed by atoms with E-state index < -0.39 is 18.1 Å². The quantitative estimate of drug-likeness (QED) is 0.732. The maximum atomic E-state index is 12.6. The second kappa shape index (κ2) is 10.0. The van der Waals surface area contributed by atoms with Crippen LogP contribution in [0.2, 0.25) is 0 Å². The van der Waals surface area contributed by atoms with Gasteiger partial charge in [0.05, 0.1) is 0 Å². The molecule has 1 unspecified atom stereocenters. The van der Waals surface area contributed by atoms with Gasteiger partial charge in [-0.25, -0.2) is 4.79 Å². The molecule has 1 aromatic rings. The van der Waals surface area contributed by atoms with Crippen LogP contribution in [-0.2, 0) is 16.0 Å². The Hall–Kier alpha value is -2.45. The summed E-state index contributed by atoms with van der Waals surface area (Å²) >= 11 is 0. The van der Waals surface area contributed by atoms with Gasteiger partial charge < -0.3 is 19.7 Å². The largest absolute Gasteiger partial charge is 0.573 e. The summed E-state index contributed by atoms with van der Waals surface area (Å²) in [5.74, 6) is -0.300. The highest BCUT2D eigenvalue weighted by atomic mass is 19.4. The molecule has 30 heavy (non-hydrogen) atoms. The Morgan fingerprint density at radius 2 is 1.90 bits per heavy atom. The number of alkyl carbamates (subject to hydrolysis) is 1. The van der Waals surface area contributed by atoms with Gasteiger partial charge in [0, 0.05) is 26.1 Å². The molecule has 1 heterocycles. The lowest BCUT2D eigenvalue weighted by Gasteiger charge is -2.33. The van der Waals surface area contributed by atoms with Crippen molar-refractivity contribution in [3.63, 3.8) is 0 Å². The first-order valence-electron chi connectivity index (χ1n) is 10.0. The zero-order valence-electron chi connectivity index (χ0n) is 17.6. The molecule has 0 radical (unpaired) electrons. The fourth-order valence-electron chi connectivity index (χ4n) is 3.33. The molecule has 0 aromatic heterocycles. The molecule has 9 heteroatoms. The summed E-state index contributed by atoms with van der Waals surface area (Å²) in [4.78, 5) is 26.1. The van der Waals surface area contributed by atoms with E-state index in [9.17, 15) is 22.8 Å². The number of hydrogen-bond acceptors (Lipinski definition) is 4. The van der Waals surface area contributed by atoms with Crippen molar-refractivity contribution in [2.24, 2.45) is 5.92 Å². The first kappa shape index (κ1) is 23.8. The molecule has 0 aliphatic carbocycles. The van der Waals surface area contributed by atoms with Gasteiger partial charge in [-0.15, -0.1) is 13.2 Å². The SMILES string of the molecule is CC(C)(C)OC(=O)NCC1CCCN(C(=O)CCc2ccccc2OC(F)(F)F)C1. The molecular weight excluding hydrogens is 401 g/mol. The minimum Gasteiger partial charge on any atom is -0.444 e. The minimum absolute atomic E-state index is 0.0877. The van der Waals surface area contributed by atoms with Crippen LogP contribution in [0.5, 0.6) is 5.75 Å². The lowest BCUT2D eigenvalue weighted by atomic mass is 9.97. The van der Waals surface area contributed by atoms with Gasteiger partial charge in [-0.1, -0.05) is 18.2 Å². The number of rotatable bonds is 6. The molecule has 1 aromatic carbocycles. The summed E-state index contributed by atoms with van der Waals surface area (Å²) in [5, 5.41) is 2.73. The van der Waals surface area contributed by atoms with Crippen LogP contribution in [0.1, 0.15) is 45.6 Å². The number of aryl methyl sites for hydroxylation is 1. The van der Waals surface area contributed by atoms with Crippen LogP contribution in [0.15, 0.2) is 24.3 Å². The van der Waals surface area contributed by atoms with E-state index in [1.165, 1.54) is 18.2 Å². The van der Waals surface area contributed by atoms with E-state index in [4.69, 9.17) is 4.74 Å². The Kier molecular flexibility index (Phi) is 7.97. The lowest BCUT2D eigenvalue weighted by Crippen LogP contribution is -2.44. The van der Waals surface area contributed by atoms with Gasteiger partial charge >= 0.3 is 12.5 Å². The second-order valence-corrected chi connectivity index (χ2v) is 8.39. The highest BCUT2D eigenvalue weighted by Gasteiger charge is 2.32. The zero-order chi connectivity index (χ0) is 22.4. The third-order valence-electron chi connectivity index (χ3n) is 4.61. The third-order valence-corrected chi connectivity index (χ3v) is 4.61. The fourth-order valence-corrected chi connectivity index (χ4v) is 3.33. The Morgan fingerprint density at radius 1 is 1.20 bits per heavy atom. The van der Waals surface area contributed by atoms with Gasteiger partial charge in [0.15, 0.2) is 0 Å². The molecular formula is C21H29F3N2O4. The number of nitrogens with zero attached hydrogens (tertiary/aromatic N) is 1. The Morgan fingerprint density at radius 3 is 2.57 bits per heavy atom. The number of carbonyl (C=O) groups excluding carboxylic acids is 2.